The number of pyridine rings is 1. The van der Waals surface area contributed by atoms with Crippen LogP contribution in [0.3, 0.4) is 0 Å². The van der Waals surface area contributed by atoms with Gasteiger partial charge < -0.3 is 10.6 Å². The molecule has 0 spiro atoms. The van der Waals surface area contributed by atoms with Crippen LogP contribution in [0, 0.1) is 0 Å². The molecule has 1 aromatic rings. The summed E-state index contributed by atoms with van der Waals surface area (Å²) in [6.45, 7) is 5.25. The van der Waals surface area contributed by atoms with Gasteiger partial charge >= 0.3 is 0 Å². The van der Waals surface area contributed by atoms with Crippen molar-refractivity contribution in [3.63, 3.8) is 0 Å². The van der Waals surface area contributed by atoms with Crippen molar-refractivity contribution in [2.24, 2.45) is 5.73 Å². The van der Waals surface area contributed by atoms with Crippen molar-refractivity contribution in [1.82, 2.24) is 14.8 Å². The minimum absolute atomic E-state index is 0.326. The van der Waals surface area contributed by atoms with Crippen LogP contribution >= 0.6 is 0 Å². The van der Waals surface area contributed by atoms with Crippen molar-refractivity contribution in [3.05, 3.63) is 29.6 Å². The van der Waals surface area contributed by atoms with E-state index < -0.39 is 5.91 Å². The van der Waals surface area contributed by atoms with E-state index in [1.54, 1.807) is 12.3 Å². The molecule has 1 aliphatic heterocycles. The number of amides is 1. The molecule has 1 fully saturated rings. The van der Waals surface area contributed by atoms with Gasteiger partial charge in [-0.3, -0.25) is 14.7 Å². The average molecular weight is 234 g/mol. The van der Waals surface area contributed by atoms with E-state index >= 15 is 0 Å². The molecule has 0 saturated carbocycles. The van der Waals surface area contributed by atoms with E-state index in [0.717, 1.165) is 38.3 Å². The molecule has 0 radical (unpaired) electrons. The third kappa shape index (κ3) is 3.25. The van der Waals surface area contributed by atoms with Gasteiger partial charge in [0.25, 0.3) is 5.91 Å². The highest BCUT2D eigenvalue weighted by Crippen LogP contribution is 2.07. The van der Waals surface area contributed by atoms with Crippen molar-refractivity contribution in [3.8, 4) is 0 Å². The number of nitrogens with two attached hydrogens (primary N) is 1. The number of carbonyl (C=O) groups excluding carboxylic acids is 1. The third-order valence-electron chi connectivity index (χ3n) is 3.08. The summed E-state index contributed by atoms with van der Waals surface area (Å²) in [4.78, 5) is 19.6. The number of rotatable bonds is 3. The Morgan fingerprint density at radius 3 is 2.59 bits per heavy atom. The number of hydrogen-bond donors (Lipinski definition) is 1. The zero-order chi connectivity index (χ0) is 12.3. The highest BCUT2D eigenvalue weighted by Gasteiger charge is 2.14. The second kappa shape index (κ2) is 5.25. The maximum absolute atomic E-state index is 10.9. The van der Waals surface area contributed by atoms with Crippen molar-refractivity contribution in [2.75, 3.05) is 33.2 Å². The fourth-order valence-electron chi connectivity index (χ4n) is 1.93. The number of likely N-dealkylation sites (N-methyl/N-ethyl adjacent to an activating group) is 1. The maximum atomic E-state index is 10.9. The Hall–Kier alpha value is -1.46. The molecule has 2 heterocycles. The Morgan fingerprint density at radius 2 is 2.06 bits per heavy atom. The quantitative estimate of drug-likeness (QED) is 0.795. The molecule has 0 aliphatic carbocycles. The minimum Gasteiger partial charge on any atom is -0.364 e. The second-order valence-electron chi connectivity index (χ2n) is 4.50. The Balaban J connectivity index is 1.92. The predicted molar refractivity (Wildman–Crippen MR) is 65.5 cm³/mol. The van der Waals surface area contributed by atoms with Gasteiger partial charge in [0.2, 0.25) is 0 Å². The second-order valence-corrected chi connectivity index (χ2v) is 4.50. The van der Waals surface area contributed by atoms with E-state index in [9.17, 15) is 4.79 Å². The first-order valence-electron chi connectivity index (χ1n) is 5.81. The van der Waals surface area contributed by atoms with Crippen molar-refractivity contribution in [1.29, 1.82) is 0 Å². The maximum Gasteiger partial charge on any atom is 0.267 e. The van der Waals surface area contributed by atoms with Crippen molar-refractivity contribution >= 4 is 5.91 Å². The average Bonchev–Trinajstić information content (AvgIpc) is 2.33. The molecule has 1 aromatic heterocycles. The summed E-state index contributed by atoms with van der Waals surface area (Å²) in [5.74, 6) is -0.476. The van der Waals surface area contributed by atoms with Crippen LogP contribution in [0.4, 0.5) is 0 Å². The van der Waals surface area contributed by atoms with Crippen LogP contribution < -0.4 is 5.73 Å². The first-order valence-corrected chi connectivity index (χ1v) is 5.81. The molecule has 1 amide bonds. The molecular weight excluding hydrogens is 216 g/mol. The Bertz CT molecular complexity index is 382. The highest BCUT2D eigenvalue weighted by atomic mass is 16.1. The first-order chi connectivity index (χ1) is 8.15. The molecule has 1 aliphatic rings. The first kappa shape index (κ1) is 12.0. The van der Waals surface area contributed by atoms with Crippen LogP contribution in [0.25, 0.3) is 0 Å². The van der Waals surface area contributed by atoms with Gasteiger partial charge in [0.1, 0.15) is 5.69 Å². The summed E-state index contributed by atoms with van der Waals surface area (Å²) >= 11 is 0. The van der Waals surface area contributed by atoms with Crippen LogP contribution in [0.2, 0.25) is 0 Å². The van der Waals surface area contributed by atoms with Gasteiger partial charge in [-0.1, -0.05) is 6.07 Å². The Morgan fingerprint density at radius 1 is 1.35 bits per heavy atom. The zero-order valence-corrected chi connectivity index (χ0v) is 10.1. The zero-order valence-electron chi connectivity index (χ0n) is 10.1. The minimum atomic E-state index is -0.476. The van der Waals surface area contributed by atoms with Gasteiger partial charge in [0.05, 0.1) is 0 Å². The van der Waals surface area contributed by atoms with Crippen molar-refractivity contribution < 1.29 is 4.79 Å². The summed E-state index contributed by atoms with van der Waals surface area (Å²) in [6.07, 6.45) is 1.73. The molecule has 0 aromatic carbocycles. The van der Waals surface area contributed by atoms with Crippen LogP contribution in [-0.4, -0.2) is 53.9 Å². The van der Waals surface area contributed by atoms with Crippen molar-refractivity contribution in [2.45, 2.75) is 6.54 Å². The number of carbonyl (C=O) groups is 1. The van der Waals surface area contributed by atoms with Crippen LogP contribution in [0.1, 0.15) is 16.1 Å². The van der Waals surface area contributed by atoms with Crippen LogP contribution in [0.5, 0.6) is 0 Å². The SMILES string of the molecule is CN1CCN(Cc2ccc(C(N)=O)nc2)CC1. The molecule has 2 rings (SSSR count). The van der Waals surface area contributed by atoms with Gasteiger partial charge in [-0.05, 0) is 18.7 Å². The lowest BCUT2D eigenvalue weighted by Gasteiger charge is -2.32. The smallest absolute Gasteiger partial charge is 0.267 e. The molecule has 1 saturated heterocycles. The lowest BCUT2D eigenvalue weighted by Crippen LogP contribution is -2.43. The lowest BCUT2D eigenvalue weighted by atomic mass is 10.2. The lowest BCUT2D eigenvalue weighted by molar-refractivity contribution is 0.0995. The molecule has 92 valence electrons. The summed E-state index contributed by atoms with van der Waals surface area (Å²) in [7, 11) is 2.14. The molecule has 0 bridgehead atoms. The molecule has 5 nitrogen and oxygen atoms in total. The highest BCUT2D eigenvalue weighted by molar-refractivity contribution is 5.90. The van der Waals surface area contributed by atoms with Gasteiger partial charge in [-0.2, -0.15) is 0 Å². The van der Waals surface area contributed by atoms with Gasteiger partial charge in [-0.15, -0.1) is 0 Å². The molecular formula is C12H18N4O. The van der Waals surface area contributed by atoms with E-state index in [-0.39, 0.29) is 0 Å². The Labute approximate surface area is 101 Å². The van der Waals surface area contributed by atoms with Crippen LogP contribution in [-0.2, 0) is 6.54 Å². The van der Waals surface area contributed by atoms with Gasteiger partial charge in [0.15, 0.2) is 0 Å². The standard InChI is InChI=1S/C12H18N4O/c1-15-4-6-16(7-5-15)9-10-2-3-11(12(13)17)14-8-10/h2-3,8H,4-7,9H2,1H3,(H2,13,17). The summed E-state index contributed by atoms with van der Waals surface area (Å²) in [6, 6.07) is 3.61. The van der Waals surface area contributed by atoms with E-state index in [0.29, 0.717) is 5.69 Å². The predicted octanol–water partition coefficient (Wildman–Crippen LogP) is -0.0721. The largest absolute Gasteiger partial charge is 0.364 e. The molecule has 17 heavy (non-hydrogen) atoms. The fourth-order valence-corrected chi connectivity index (χ4v) is 1.93. The normalized spacial score (nSPS) is 18.2. The topological polar surface area (TPSA) is 62.5 Å². The summed E-state index contributed by atoms with van der Waals surface area (Å²) in [5, 5.41) is 0. The van der Waals surface area contributed by atoms with E-state index in [1.165, 1.54) is 0 Å². The van der Waals surface area contributed by atoms with Crippen LogP contribution in [0.15, 0.2) is 18.3 Å². The van der Waals surface area contributed by atoms with E-state index in [1.807, 2.05) is 6.07 Å². The third-order valence-corrected chi connectivity index (χ3v) is 3.08. The van der Waals surface area contributed by atoms with E-state index in [4.69, 9.17) is 5.73 Å². The Kier molecular flexibility index (Phi) is 3.71. The number of aromatic nitrogens is 1. The number of hydrogen-bond acceptors (Lipinski definition) is 4. The van der Waals surface area contributed by atoms with Gasteiger partial charge in [-0.25, -0.2) is 0 Å². The fraction of sp³-hybridized carbons (Fsp3) is 0.500. The monoisotopic (exact) mass is 234 g/mol. The summed E-state index contributed by atoms with van der Waals surface area (Å²) in [5.41, 5.74) is 6.60. The number of nitrogens with zero attached hydrogens (tertiary/aromatic N) is 3. The number of primary amides is 1. The van der Waals surface area contributed by atoms with Gasteiger partial charge in [0, 0.05) is 38.9 Å². The number of piperazine rings is 1. The molecule has 0 atom stereocenters. The molecule has 5 heteroatoms. The summed E-state index contributed by atoms with van der Waals surface area (Å²) < 4.78 is 0. The molecule has 0 unspecified atom stereocenters. The molecule has 2 N–H and O–H groups in total. The van der Waals surface area contributed by atoms with E-state index in [2.05, 4.69) is 21.8 Å².